The number of benzene rings is 2. The lowest BCUT2D eigenvalue weighted by Crippen LogP contribution is -2.36. The van der Waals surface area contributed by atoms with Crippen LogP contribution >= 0.6 is 11.8 Å². The highest BCUT2D eigenvalue weighted by Crippen LogP contribution is 2.36. The van der Waals surface area contributed by atoms with Crippen LogP contribution in [0.15, 0.2) is 60.7 Å². The highest BCUT2D eigenvalue weighted by atomic mass is 32.2. The van der Waals surface area contributed by atoms with Crippen LogP contribution in [0.4, 0.5) is 0 Å². The molecule has 2 unspecified atom stereocenters. The van der Waals surface area contributed by atoms with E-state index in [1.54, 1.807) is 19.1 Å². The van der Waals surface area contributed by atoms with Crippen LogP contribution in [0.5, 0.6) is 0 Å². The van der Waals surface area contributed by atoms with E-state index in [0.717, 1.165) is 11.1 Å². The van der Waals surface area contributed by atoms with E-state index in [9.17, 15) is 14.9 Å². The minimum Gasteiger partial charge on any atom is -0.461 e. The Morgan fingerprint density at radius 3 is 2.25 bits per heavy atom. The maximum Gasteiger partial charge on any atom is 0.383 e. The van der Waals surface area contributed by atoms with Gasteiger partial charge < -0.3 is 4.74 Å². The highest BCUT2D eigenvalue weighted by Gasteiger charge is 2.41. The number of ether oxygens (including phenoxy) is 1. The van der Waals surface area contributed by atoms with Crippen LogP contribution in [0, 0.1) is 10.1 Å². The summed E-state index contributed by atoms with van der Waals surface area (Å²) in [6, 6.07) is 17.3. The number of hydrogen-bond donors (Lipinski definition) is 0. The first-order valence-electron chi connectivity index (χ1n) is 7.64. The van der Waals surface area contributed by atoms with Gasteiger partial charge in [-0.3, -0.25) is 10.1 Å². The molecule has 0 aliphatic heterocycles. The molecule has 24 heavy (non-hydrogen) atoms. The van der Waals surface area contributed by atoms with Crippen molar-refractivity contribution in [2.24, 2.45) is 0 Å². The van der Waals surface area contributed by atoms with Crippen molar-refractivity contribution >= 4 is 17.7 Å². The van der Waals surface area contributed by atoms with Crippen molar-refractivity contribution < 1.29 is 14.5 Å². The summed E-state index contributed by atoms with van der Waals surface area (Å²) in [4.78, 5) is 23.1. The van der Waals surface area contributed by atoms with Gasteiger partial charge in [0.2, 0.25) is 0 Å². The summed E-state index contributed by atoms with van der Waals surface area (Å²) in [7, 11) is 0. The smallest absolute Gasteiger partial charge is 0.383 e. The van der Waals surface area contributed by atoms with Crippen LogP contribution < -0.4 is 0 Å². The molecule has 0 saturated heterocycles. The molecule has 2 rings (SSSR count). The van der Waals surface area contributed by atoms with Crippen molar-refractivity contribution in [3.8, 4) is 0 Å². The Labute approximate surface area is 145 Å². The molecule has 0 amide bonds. The molecule has 0 aromatic heterocycles. The van der Waals surface area contributed by atoms with E-state index in [4.69, 9.17) is 4.74 Å². The molecule has 0 heterocycles. The van der Waals surface area contributed by atoms with Crippen LogP contribution in [-0.2, 0) is 15.3 Å². The first kappa shape index (κ1) is 18.0. The quantitative estimate of drug-likeness (QED) is 0.413. The van der Waals surface area contributed by atoms with E-state index in [1.807, 2.05) is 48.5 Å². The Morgan fingerprint density at radius 1 is 1.12 bits per heavy atom. The number of rotatable bonds is 8. The van der Waals surface area contributed by atoms with Gasteiger partial charge in [0.1, 0.15) is 5.25 Å². The molecule has 0 aliphatic rings. The zero-order chi connectivity index (χ0) is 17.4. The minimum absolute atomic E-state index is 0.119. The van der Waals surface area contributed by atoms with Crippen LogP contribution in [0.3, 0.4) is 0 Å². The van der Waals surface area contributed by atoms with Gasteiger partial charge in [0.15, 0.2) is 0 Å². The van der Waals surface area contributed by atoms with Gasteiger partial charge in [-0.1, -0.05) is 60.7 Å². The Kier molecular flexibility index (Phi) is 6.81. The van der Waals surface area contributed by atoms with Gasteiger partial charge in [0.25, 0.3) is 0 Å². The molecular weight excluding hydrogens is 326 g/mol. The van der Waals surface area contributed by atoms with E-state index >= 15 is 0 Å². The summed E-state index contributed by atoms with van der Waals surface area (Å²) in [5.74, 6) is -0.221. The first-order valence-corrected chi connectivity index (χ1v) is 8.69. The molecule has 0 spiro atoms. The number of nitrogens with zero attached hydrogens (tertiary/aromatic N) is 1. The molecule has 0 radical (unpaired) electrons. The van der Waals surface area contributed by atoms with E-state index in [0.29, 0.717) is 5.75 Å². The van der Waals surface area contributed by atoms with E-state index in [2.05, 4.69) is 0 Å². The molecule has 2 aromatic rings. The Hall–Kier alpha value is -2.34. The molecule has 0 saturated carbocycles. The van der Waals surface area contributed by atoms with Gasteiger partial charge in [-0.15, -0.1) is 11.8 Å². The normalized spacial score (nSPS) is 13.0. The van der Waals surface area contributed by atoms with Crippen LogP contribution in [0.2, 0.25) is 0 Å². The topological polar surface area (TPSA) is 69.4 Å². The molecule has 0 fully saturated rings. The summed E-state index contributed by atoms with van der Waals surface area (Å²) in [5, 5.41) is 10.9. The maximum absolute atomic E-state index is 12.1. The predicted molar refractivity (Wildman–Crippen MR) is 94.3 cm³/mol. The van der Waals surface area contributed by atoms with Crippen molar-refractivity contribution in [2.45, 2.75) is 24.0 Å². The third-order valence-electron chi connectivity index (χ3n) is 3.44. The lowest BCUT2D eigenvalue weighted by molar-refractivity contribution is -0.510. The van der Waals surface area contributed by atoms with Crippen LogP contribution in [0.25, 0.3) is 0 Å². The molecule has 6 heteroatoms. The molecule has 5 nitrogen and oxygen atoms in total. The lowest BCUT2D eigenvalue weighted by Gasteiger charge is -2.20. The zero-order valence-electron chi connectivity index (χ0n) is 13.3. The summed E-state index contributed by atoms with van der Waals surface area (Å²) in [5.41, 5.74) is 1.79. The standard InChI is InChI=1S/C18H19NO4S/c1-2-23-18(20)16(19(21)22)17(15-11-7-4-8-12-15)24-13-14-9-5-3-6-10-14/h3-12,16-17H,2,13H2,1H3. The molecule has 2 atom stereocenters. The monoisotopic (exact) mass is 345 g/mol. The van der Waals surface area contributed by atoms with Crippen molar-refractivity contribution in [1.29, 1.82) is 0 Å². The SMILES string of the molecule is CCOC(=O)C(C(SCc1ccccc1)c1ccccc1)[N+](=O)[O-]. The van der Waals surface area contributed by atoms with Gasteiger partial charge >= 0.3 is 12.0 Å². The van der Waals surface area contributed by atoms with Gasteiger partial charge in [0, 0.05) is 10.7 Å². The fraction of sp³-hybridized carbons (Fsp3) is 0.278. The second kappa shape index (κ2) is 9.08. The lowest BCUT2D eigenvalue weighted by atomic mass is 10.1. The Bertz CT molecular complexity index is 663. The van der Waals surface area contributed by atoms with E-state index < -0.39 is 22.2 Å². The third kappa shape index (κ3) is 4.83. The number of carbonyl (C=O) groups excluding carboxylic acids is 1. The number of carbonyl (C=O) groups is 1. The second-order valence-electron chi connectivity index (χ2n) is 5.11. The van der Waals surface area contributed by atoms with Crippen LogP contribution in [-0.4, -0.2) is 23.5 Å². The number of esters is 1. The van der Waals surface area contributed by atoms with Gasteiger partial charge in [-0.25, -0.2) is 4.79 Å². The van der Waals surface area contributed by atoms with Crippen molar-refractivity contribution in [1.82, 2.24) is 0 Å². The highest BCUT2D eigenvalue weighted by molar-refractivity contribution is 7.98. The van der Waals surface area contributed by atoms with Gasteiger partial charge in [0.05, 0.1) is 6.61 Å². The van der Waals surface area contributed by atoms with Crippen molar-refractivity contribution in [3.63, 3.8) is 0 Å². The first-order chi connectivity index (χ1) is 11.6. The number of nitro groups is 1. The number of hydrogen-bond acceptors (Lipinski definition) is 5. The fourth-order valence-electron chi connectivity index (χ4n) is 2.32. The molecule has 0 aliphatic carbocycles. The van der Waals surface area contributed by atoms with Crippen LogP contribution in [0.1, 0.15) is 23.3 Å². The predicted octanol–water partition coefficient (Wildman–Crippen LogP) is 3.87. The number of thioether (sulfide) groups is 1. The molecule has 126 valence electrons. The largest absolute Gasteiger partial charge is 0.461 e. The summed E-state index contributed by atoms with van der Waals surface area (Å²) < 4.78 is 4.93. The van der Waals surface area contributed by atoms with Crippen molar-refractivity contribution in [2.75, 3.05) is 6.61 Å². The molecular formula is C18H19NO4S. The molecule has 0 bridgehead atoms. The maximum atomic E-state index is 12.1. The fourth-order valence-corrected chi connectivity index (χ4v) is 3.63. The summed E-state index contributed by atoms with van der Waals surface area (Å²) >= 11 is 1.38. The van der Waals surface area contributed by atoms with Crippen molar-refractivity contribution in [3.05, 3.63) is 81.9 Å². The Morgan fingerprint density at radius 2 is 1.71 bits per heavy atom. The van der Waals surface area contributed by atoms with Gasteiger partial charge in [-0.2, -0.15) is 0 Å². The Balaban J connectivity index is 2.27. The zero-order valence-corrected chi connectivity index (χ0v) is 14.1. The average molecular weight is 345 g/mol. The van der Waals surface area contributed by atoms with Gasteiger partial charge in [-0.05, 0) is 18.1 Å². The second-order valence-corrected chi connectivity index (χ2v) is 6.24. The van der Waals surface area contributed by atoms with E-state index in [-0.39, 0.29) is 6.61 Å². The molecule has 0 N–H and O–H groups in total. The molecule has 2 aromatic carbocycles. The minimum atomic E-state index is -1.43. The summed E-state index contributed by atoms with van der Waals surface area (Å²) in [6.07, 6.45) is 0. The summed E-state index contributed by atoms with van der Waals surface area (Å²) in [6.45, 7) is 1.76. The third-order valence-corrected chi connectivity index (χ3v) is 4.83. The van der Waals surface area contributed by atoms with E-state index in [1.165, 1.54) is 11.8 Å². The average Bonchev–Trinajstić information content (AvgIpc) is 2.60.